The number of hydrogen-bond acceptors (Lipinski definition) is 2. The minimum absolute atomic E-state index is 0.00102. The zero-order chi connectivity index (χ0) is 10.0. The van der Waals surface area contributed by atoms with Crippen LogP contribution in [0.25, 0.3) is 0 Å². The average Bonchev–Trinajstić information content (AvgIpc) is 2.10. The number of hydrogen-bond donors (Lipinski definition) is 2. The number of rotatable bonds is 2. The second kappa shape index (κ2) is 3.94. The van der Waals surface area contributed by atoms with Crippen molar-refractivity contribution in [1.82, 2.24) is 0 Å². The molecule has 1 aromatic carbocycles. The molecule has 0 aliphatic heterocycles. The summed E-state index contributed by atoms with van der Waals surface area (Å²) < 4.78 is 12.9. The largest absolute Gasteiger partial charge is 0.506 e. The smallest absolute Gasteiger partial charge is 0.139 e. The lowest BCUT2D eigenvalue weighted by atomic mass is 10.0. The van der Waals surface area contributed by atoms with Crippen molar-refractivity contribution in [2.24, 2.45) is 5.73 Å². The molecule has 4 heteroatoms. The minimum Gasteiger partial charge on any atom is -0.506 e. The third kappa shape index (κ3) is 2.11. The monoisotopic (exact) mass is 203 g/mol. The molecule has 0 amide bonds. The van der Waals surface area contributed by atoms with E-state index in [1.807, 2.05) is 6.92 Å². The second-order valence-corrected chi connectivity index (χ2v) is 3.25. The first kappa shape index (κ1) is 10.3. The number of aromatic hydroxyl groups is 1. The van der Waals surface area contributed by atoms with Gasteiger partial charge >= 0.3 is 0 Å². The number of halogens is 2. The van der Waals surface area contributed by atoms with Crippen LogP contribution < -0.4 is 5.73 Å². The van der Waals surface area contributed by atoms with Gasteiger partial charge in [-0.3, -0.25) is 0 Å². The summed E-state index contributed by atoms with van der Waals surface area (Å²) in [6.45, 7) is 1.85. The summed E-state index contributed by atoms with van der Waals surface area (Å²) in [5, 5.41) is 9.44. The Morgan fingerprint density at radius 2 is 2.23 bits per heavy atom. The van der Waals surface area contributed by atoms with Gasteiger partial charge in [-0.15, -0.1) is 0 Å². The first-order chi connectivity index (χ1) is 6.06. The van der Waals surface area contributed by atoms with Crippen molar-refractivity contribution < 1.29 is 9.50 Å². The Hall–Kier alpha value is -0.800. The fraction of sp³-hybridized carbons (Fsp3) is 0.333. The van der Waals surface area contributed by atoms with Gasteiger partial charge in [0.25, 0.3) is 0 Å². The molecular formula is C9H11ClFNO. The number of phenols is 1. The van der Waals surface area contributed by atoms with Crippen LogP contribution in [0.2, 0.25) is 5.02 Å². The van der Waals surface area contributed by atoms with E-state index in [4.69, 9.17) is 17.3 Å². The van der Waals surface area contributed by atoms with Gasteiger partial charge < -0.3 is 10.8 Å². The zero-order valence-electron chi connectivity index (χ0n) is 7.22. The van der Waals surface area contributed by atoms with Crippen molar-refractivity contribution in [3.63, 3.8) is 0 Å². The Balaban J connectivity index is 3.20. The highest BCUT2D eigenvalue weighted by atomic mass is 35.5. The van der Waals surface area contributed by atoms with Gasteiger partial charge in [-0.25, -0.2) is 4.39 Å². The van der Waals surface area contributed by atoms with E-state index >= 15 is 0 Å². The third-order valence-corrected chi connectivity index (χ3v) is 2.19. The van der Waals surface area contributed by atoms with Gasteiger partial charge in [-0.2, -0.15) is 0 Å². The summed E-state index contributed by atoms with van der Waals surface area (Å²) in [7, 11) is 0. The number of phenolic OH excluding ortho intramolecular Hbond substituents is 1. The third-order valence-electron chi connectivity index (χ3n) is 1.90. The summed E-state index contributed by atoms with van der Waals surface area (Å²) in [5.74, 6) is -0.612. The first-order valence-electron chi connectivity index (χ1n) is 3.99. The van der Waals surface area contributed by atoms with Crippen molar-refractivity contribution in [2.75, 3.05) is 0 Å². The highest BCUT2D eigenvalue weighted by Gasteiger charge is 2.13. The van der Waals surface area contributed by atoms with Gasteiger partial charge in [0.2, 0.25) is 0 Å². The summed E-state index contributed by atoms with van der Waals surface area (Å²) in [4.78, 5) is 0. The first-order valence-corrected chi connectivity index (χ1v) is 4.37. The van der Waals surface area contributed by atoms with Gasteiger partial charge in [-0.05, 0) is 18.6 Å². The van der Waals surface area contributed by atoms with Gasteiger partial charge in [0.05, 0.1) is 5.02 Å². The molecule has 0 bridgehead atoms. The Morgan fingerprint density at radius 1 is 1.62 bits per heavy atom. The second-order valence-electron chi connectivity index (χ2n) is 2.84. The molecule has 72 valence electrons. The maximum atomic E-state index is 12.9. The van der Waals surface area contributed by atoms with E-state index in [1.165, 1.54) is 6.07 Å². The lowest BCUT2D eigenvalue weighted by Crippen LogP contribution is -2.09. The maximum Gasteiger partial charge on any atom is 0.139 e. The molecule has 0 saturated carbocycles. The molecule has 1 atom stereocenters. The van der Waals surface area contributed by atoms with Gasteiger partial charge in [0.15, 0.2) is 0 Å². The van der Waals surface area contributed by atoms with Crippen LogP contribution in [0.3, 0.4) is 0 Å². The molecule has 0 aromatic heterocycles. The standard InChI is InChI=1S/C9H11ClFNO/c1-2-8(12)6-3-5(11)4-7(10)9(6)13/h3-4,8,13H,2,12H2,1H3/t8-/m0/s1. The Labute approximate surface area is 81.1 Å². The average molecular weight is 204 g/mol. The van der Waals surface area contributed by atoms with Crippen LogP contribution in [0.4, 0.5) is 4.39 Å². The van der Waals surface area contributed by atoms with E-state index in [0.29, 0.717) is 12.0 Å². The molecule has 0 unspecified atom stereocenters. The molecule has 3 N–H and O–H groups in total. The van der Waals surface area contributed by atoms with Crippen LogP contribution in [0, 0.1) is 5.82 Å². The van der Waals surface area contributed by atoms with Gasteiger partial charge in [0.1, 0.15) is 11.6 Å². The molecule has 13 heavy (non-hydrogen) atoms. The predicted octanol–water partition coefficient (Wildman–Crippen LogP) is 2.59. The van der Waals surface area contributed by atoms with Crippen molar-refractivity contribution in [3.8, 4) is 5.75 Å². The van der Waals surface area contributed by atoms with E-state index in [2.05, 4.69) is 0 Å². The molecule has 0 aliphatic rings. The number of nitrogens with two attached hydrogens (primary N) is 1. The summed E-state index contributed by atoms with van der Waals surface area (Å²) in [6.07, 6.45) is 0.618. The molecule has 0 saturated heterocycles. The topological polar surface area (TPSA) is 46.2 Å². The Bertz CT molecular complexity index is 317. The van der Waals surface area contributed by atoms with Crippen LogP contribution in [-0.4, -0.2) is 5.11 Å². The fourth-order valence-electron chi connectivity index (χ4n) is 1.09. The van der Waals surface area contributed by atoms with Crippen molar-refractivity contribution >= 4 is 11.6 Å². The minimum atomic E-state index is -0.485. The van der Waals surface area contributed by atoms with Crippen molar-refractivity contribution in [3.05, 3.63) is 28.5 Å². The van der Waals surface area contributed by atoms with Crippen molar-refractivity contribution in [1.29, 1.82) is 0 Å². The highest BCUT2D eigenvalue weighted by molar-refractivity contribution is 6.32. The molecule has 0 spiro atoms. The fourth-order valence-corrected chi connectivity index (χ4v) is 1.30. The normalized spacial score (nSPS) is 12.9. The van der Waals surface area contributed by atoms with E-state index in [9.17, 15) is 9.50 Å². The van der Waals surface area contributed by atoms with Gasteiger partial charge in [0, 0.05) is 11.6 Å². The molecule has 0 aliphatic carbocycles. The van der Waals surface area contributed by atoms with Crippen LogP contribution >= 0.6 is 11.6 Å². The quantitative estimate of drug-likeness (QED) is 0.776. The predicted molar refractivity (Wildman–Crippen MR) is 50.3 cm³/mol. The molecule has 0 heterocycles. The molecule has 1 aromatic rings. The maximum absolute atomic E-state index is 12.9. The van der Waals surface area contributed by atoms with E-state index in [-0.39, 0.29) is 16.8 Å². The highest BCUT2D eigenvalue weighted by Crippen LogP contribution is 2.32. The molecule has 0 fully saturated rings. The molecule has 0 radical (unpaired) electrons. The zero-order valence-corrected chi connectivity index (χ0v) is 7.98. The SMILES string of the molecule is CC[C@H](N)c1cc(F)cc(Cl)c1O. The molecular weight excluding hydrogens is 193 g/mol. The van der Waals surface area contributed by atoms with Gasteiger partial charge in [-0.1, -0.05) is 18.5 Å². The summed E-state index contributed by atoms with van der Waals surface area (Å²) in [5.41, 5.74) is 6.00. The lowest BCUT2D eigenvalue weighted by molar-refractivity contribution is 0.457. The van der Waals surface area contributed by atoms with Crippen LogP contribution in [0.15, 0.2) is 12.1 Å². The lowest BCUT2D eigenvalue weighted by Gasteiger charge is -2.12. The van der Waals surface area contributed by atoms with Crippen LogP contribution in [0.1, 0.15) is 24.9 Å². The van der Waals surface area contributed by atoms with Crippen molar-refractivity contribution in [2.45, 2.75) is 19.4 Å². The summed E-state index contributed by atoms with van der Waals surface area (Å²) in [6, 6.07) is 1.88. The Morgan fingerprint density at radius 3 is 2.77 bits per heavy atom. The van der Waals surface area contributed by atoms with Crippen LogP contribution in [0.5, 0.6) is 5.75 Å². The van der Waals surface area contributed by atoms with E-state index in [0.717, 1.165) is 6.07 Å². The van der Waals surface area contributed by atoms with E-state index < -0.39 is 5.82 Å². The van der Waals surface area contributed by atoms with E-state index in [1.54, 1.807) is 0 Å². The van der Waals surface area contributed by atoms with Crippen LogP contribution in [-0.2, 0) is 0 Å². The molecule has 1 rings (SSSR count). The Kier molecular flexibility index (Phi) is 3.12. The molecule has 2 nitrogen and oxygen atoms in total. The summed E-state index contributed by atoms with van der Waals surface area (Å²) >= 11 is 5.57. The number of benzene rings is 1.